The van der Waals surface area contributed by atoms with Crippen molar-refractivity contribution in [2.24, 2.45) is 0 Å². The Balaban J connectivity index is 1.75. The average molecular weight is 343 g/mol. The minimum Gasteiger partial charge on any atom is -0.495 e. The number of rotatable bonds is 5. The Bertz CT molecular complexity index is 741. The number of urea groups is 1. The molecule has 0 spiro atoms. The fourth-order valence-electron chi connectivity index (χ4n) is 3.27. The zero-order valence-electron chi connectivity index (χ0n) is 15.0. The van der Waals surface area contributed by atoms with E-state index in [1.165, 1.54) is 0 Å². The van der Waals surface area contributed by atoms with Gasteiger partial charge in [0.05, 0.1) is 18.8 Å². The van der Waals surface area contributed by atoms with Gasteiger partial charge in [-0.2, -0.15) is 0 Å². The smallest absolute Gasteiger partial charge is 0.322 e. The quantitative estimate of drug-likeness (QED) is 0.878. The number of carbonyl (C=O) groups excluding carboxylic acids is 1. The number of anilines is 1. The molecule has 0 unspecified atom stereocenters. The van der Waals surface area contributed by atoms with Crippen molar-refractivity contribution >= 4 is 11.7 Å². The first-order chi connectivity index (χ1) is 12.1. The maximum atomic E-state index is 12.8. The molecule has 1 aromatic heterocycles. The average Bonchev–Trinajstić information content (AvgIpc) is 3.24. The minimum absolute atomic E-state index is 0.0369. The third-order valence-electron chi connectivity index (χ3n) is 4.53. The molecule has 1 saturated heterocycles. The Hall–Kier alpha value is -2.50. The van der Waals surface area contributed by atoms with Crippen molar-refractivity contribution in [3.8, 4) is 5.75 Å². The summed E-state index contributed by atoms with van der Waals surface area (Å²) >= 11 is 0. The van der Waals surface area contributed by atoms with Crippen LogP contribution in [0.5, 0.6) is 5.75 Å². The highest BCUT2D eigenvalue weighted by Crippen LogP contribution is 2.33. The van der Waals surface area contributed by atoms with Gasteiger partial charge < -0.3 is 19.5 Å². The van der Waals surface area contributed by atoms with Crippen LogP contribution in [-0.4, -0.2) is 29.7 Å². The second-order valence-corrected chi connectivity index (χ2v) is 6.45. The van der Waals surface area contributed by atoms with Gasteiger partial charge in [-0.1, -0.05) is 18.1 Å². The van der Waals surface area contributed by atoms with Crippen LogP contribution in [0.25, 0.3) is 0 Å². The van der Waals surface area contributed by atoms with Crippen LogP contribution < -0.4 is 10.1 Å². The summed E-state index contributed by atoms with van der Waals surface area (Å²) in [6.07, 6.45) is 3.73. The number of methoxy groups -OCH3 is 1. The van der Waals surface area contributed by atoms with Gasteiger partial charge in [0.2, 0.25) is 0 Å². The molecule has 1 aromatic carbocycles. The fraction of sp³-hybridized carbons (Fsp3) is 0.474. The van der Waals surface area contributed by atoms with Crippen LogP contribution in [0.3, 0.4) is 0 Å². The molecule has 25 heavy (non-hydrogen) atoms. The Morgan fingerprint density at radius 3 is 3.04 bits per heavy atom. The second-order valence-electron chi connectivity index (χ2n) is 6.45. The Kier molecular flexibility index (Phi) is 5.26. The maximum Gasteiger partial charge on any atom is 0.322 e. The van der Waals surface area contributed by atoms with Crippen molar-refractivity contribution in [2.75, 3.05) is 19.0 Å². The van der Waals surface area contributed by atoms with Crippen LogP contribution in [0.15, 0.2) is 28.8 Å². The minimum atomic E-state index is -0.133. The molecular weight excluding hydrogens is 318 g/mol. The molecule has 134 valence electrons. The third-order valence-corrected chi connectivity index (χ3v) is 4.53. The van der Waals surface area contributed by atoms with Gasteiger partial charge in [0.25, 0.3) is 0 Å². The molecule has 0 radical (unpaired) electrons. The fourth-order valence-corrected chi connectivity index (χ4v) is 3.27. The zero-order valence-corrected chi connectivity index (χ0v) is 15.0. The molecule has 2 aromatic rings. The zero-order chi connectivity index (χ0) is 17.8. The van der Waals surface area contributed by atoms with Gasteiger partial charge in [-0.25, -0.2) is 4.79 Å². The van der Waals surface area contributed by atoms with Gasteiger partial charge in [-0.3, -0.25) is 0 Å². The first kappa shape index (κ1) is 17.3. The van der Waals surface area contributed by atoms with Gasteiger partial charge in [-0.15, -0.1) is 0 Å². The standard InChI is InChI=1S/C19H25N3O3/c1-4-6-14-12-15(21-25-14)17-7-5-10-22(17)19(23)20-16-11-13(2)8-9-18(16)24-3/h8-9,11-12,17H,4-7,10H2,1-3H3,(H,20,23)/t17-/m0/s1. The molecule has 1 aliphatic rings. The van der Waals surface area contributed by atoms with Crippen molar-refractivity contribution in [3.05, 3.63) is 41.3 Å². The van der Waals surface area contributed by atoms with Crippen LogP contribution >= 0.6 is 0 Å². The first-order valence-electron chi connectivity index (χ1n) is 8.80. The number of ether oxygens (including phenoxy) is 1. The molecule has 1 atom stereocenters. The van der Waals surface area contributed by atoms with Crippen LogP contribution in [0.4, 0.5) is 10.5 Å². The van der Waals surface area contributed by atoms with Crippen molar-refractivity contribution in [3.63, 3.8) is 0 Å². The number of aromatic nitrogens is 1. The number of nitrogens with one attached hydrogen (secondary N) is 1. The molecule has 0 saturated carbocycles. The molecule has 1 fully saturated rings. The summed E-state index contributed by atoms with van der Waals surface area (Å²) in [6, 6.07) is 7.54. The Morgan fingerprint density at radius 1 is 1.44 bits per heavy atom. The van der Waals surface area contributed by atoms with Crippen molar-refractivity contribution in [1.29, 1.82) is 0 Å². The SMILES string of the molecule is CCCc1cc([C@@H]2CCCN2C(=O)Nc2cc(C)ccc2OC)no1. The highest BCUT2D eigenvalue weighted by atomic mass is 16.5. The molecule has 3 rings (SSSR count). The monoisotopic (exact) mass is 343 g/mol. The van der Waals surface area contributed by atoms with E-state index < -0.39 is 0 Å². The normalized spacial score (nSPS) is 16.9. The molecule has 0 aliphatic carbocycles. The number of aryl methyl sites for hydroxylation is 2. The first-order valence-corrected chi connectivity index (χ1v) is 8.80. The molecule has 1 N–H and O–H groups in total. The van der Waals surface area contributed by atoms with Gasteiger partial charge in [0.15, 0.2) is 0 Å². The van der Waals surface area contributed by atoms with Gasteiger partial charge in [0, 0.05) is 19.0 Å². The summed E-state index contributed by atoms with van der Waals surface area (Å²) in [5.74, 6) is 1.53. The summed E-state index contributed by atoms with van der Waals surface area (Å²) in [5, 5.41) is 7.16. The summed E-state index contributed by atoms with van der Waals surface area (Å²) in [4.78, 5) is 14.6. The summed E-state index contributed by atoms with van der Waals surface area (Å²) < 4.78 is 10.7. The number of hydrogen-bond acceptors (Lipinski definition) is 4. The lowest BCUT2D eigenvalue weighted by Crippen LogP contribution is -2.34. The highest BCUT2D eigenvalue weighted by molar-refractivity contribution is 5.91. The largest absolute Gasteiger partial charge is 0.495 e. The molecule has 2 amide bonds. The van der Waals surface area contributed by atoms with Crippen LogP contribution in [0, 0.1) is 6.92 Å². The van der Waals surface area contributed by atoms with Crippen LogP contribution in [0.2, 0.25) is 0 Å². The topological polar surface area (TPSA) is 67.6 Å². The number of amides is 2. The van der Waals surface area contributed by atoms with E-state index in [4.69, 9.17) is 9.26 Å². The molecular formula is C19H25N3O3. The lowest BCUT2D eigenvalue weighted by Gasteiger charge is -2.24. The van der Waals surface area contributed by atoms with Crippen LogP contribution in [0.1, 0.15) is 49.2 Å². The van der Waals surface area contributed by atoms with Gasteiger partial charge >= 0.3 is 6.03 Å². The molecule has 0 bridgehead atoms. The summed E-state index contributed by atoms with van der Waals surface area (Å²) in [6.45, 7) is 4.80. The van der Waals surface area contributed by atoms with E-state index in [1.807, 2.05) is 36.1 Å². The third kappa shape index (κ3) is 3.78. The van der Waals surface area contributed by atoms with E-state index in [9.17, 15) is 4.79 Å². The summed E-state index contributed by atoms with van der Waals surface area (Å²) in [5.41, 5.74) is 2.59. The van der Waals surface area contributed by atoms with Crippen molar-refractivity contribution in [2.45, 2.75) is 45.6 Å². The number of likely N-dealkylation sites (tertiary alicyclic amines) is 1. The maximum absolute atomic E-state index is 12.8. The number of nitrogens with zero attached hydrogens (tertiary/aromatic N) is 2. The van der Waals surface area contributed by atoms with E-state index >= 15 is 0 Å². The molecule has 6 nitrogen and oxygen atoms in total. The Labute approximate surface area is 148 Å². The number of hydrogen-bond donors (Lipinski definition) is 1. The van der Waals surface area contributed by atoms with E-state index in [0.29, 0.717) is 18.0 Å². The highest BCUT2D eigenvalue weighted by Gasteiger charge is 2.32. The number of carbonyl (C=O) groups is 1. The predicted molar refractivity (Wildman–Crippen MR) is 95.9 cm³/mol. The van der Waals surface area contributed by atoms with E-state index in [2.05, 4.69) is 17.4 Å². The number of benzene rings is 1. The van der Waals surface area contributed by atoms with Crippen molar-refractivity contribution in [1.82, 2.24) is 10.1 Å². The lowest BCUT2D eigenvalue weighted by atomic mass is 10.1. The van der Waals surface area contributed by atoms with Gasteiger partial charge in [-0.05, 0) is 43.9 Å². The lowest BCUT2D eigenvalue weighted by molar-refractivity contribution is 0.204. The van der Waals surface area contributed by atoms with E-state index in [-0.39, 0.29) is 12.1 Å². The van der Waals surface area contributed by atoms with E-state index in [0.717, 1.165) is 42.7 Å². The Morgan fingerprint density at radius 2 is 2.28 bits per heavy atom. The van der Waals surface area contributed by atoms with E-state index in [1.54, 1.807) is 7.11 Å². The van der Waals surface area contributed by atoms with Gasteiger partial charge in [0.1, 0.15) is 17.2 Å². The second kappa shape index (κ2) is 7.59. The predicted octanol–water partition coefficient (Wildman–Crippen LogP) is 4.31. The van der Waals surface area contributed by atoms with Crippen LogP contribution in [-0.2, 0) is 6.42 Å². The molecule has 6 heteroatoms. The summed E-state index contributed by atoms with van der Waals surface area (Å²) in [7, 11) is 1.60. The van der Waals surface area contributed by atoms with Crippen molar-refractivity contribution < 1.29 is 14.1 Å². The molecule has 2 heterocycles. The molecule has 1 aliphatic heterocycles.